The molecule has 2 nitrogen and oxygen atoms in total. The van der Waals surface area contributed by atoms with Gasteiger partial charge >= 0.3 is 0 Å². The molecule has 2 saturated carbocycles. The Labute approximate surface area is 126 Å². The van der Waals surface area contributed by atoms with Gasteiger partial charge in [0.05, 0.1) is 0 Å². The summed E-state index contributed by atoms with van der Waals surface area (Å²) in [7, 11) is 2.13. The molecule has 20 heavy (non-hydrogen) atoms. The number of nitrogens with one attached hydrogen (secondary N) is 1. The number of hydrogen-bond donors (Lipinski definition) is 1. The average molecular weight is 280 g/mol. The van der Waals surface area contributed by atoms with Crippen molar-refractivity contribution in [1.82, 2.24) is 10.2 Å². The van der Waals surface area contributed by atoms with Crippen LogP contribution in [0, 0.1) is 17.3 Å². The Balaban J connectivity index is 1.93. The molecular weight excluding hydrogens is 244 g/mol. The first-order valence-corrected chi connectivity index (χ1v) is 8.93. The quantitative estimate of drug-likeness (QED) is 0.725. The van der Waals surface area contributed by atoms with Crippen LogP contribution in [0.4, 0.5) is 0 Å². The molecule has 0 spiro atoms. The third-order valence-electron chi connectivity index (χ3n) is 5.48. The van der Waals surface area contributed by atoms with Crippen molar-refractivity contribution in [3.8, 4) is 0 Å². The molecule has 118 valence electrons. The van der Waals surface area contributed by atoms with Crippen LogP contribution in [-0.4, -0.2) is 37.6 Å². The lowest BCUT2D eigenvalue weighted by Crippen LogP contribution is -2.46. The molecule has 0 amide bonds. The Bertz CT molecular complexity index is 275. The second-order valence-corrected chi connectivity index (χ2v) is 8.10. The van der Waals surface area contributed by atoms with Crippen molar-refractivity contribution in [2.24, 2.45) is 17.3 Å². The maximum Gasteiger partial charge on any atom is 0.00966 e. The van der Waals surface area contributed by atoms with Gasteiger partial charge in [-0.15, -0.1) is 0 Å². The number of hydrogen-bond acceptors (Lipinski definition) is 2. The number of nitrogens with zero attached hydrogens (tertiary/aromatic N) is 1. The fraction of sp³-hybridized carbons (Fsp3) is 1.00. The first-order valence-electron chi connectivity index (χ1n) is 8.93. The largest absolute Gasteiger partial charge is 0.319 e. The van der Waals surface area contributed by atoms with Crippen LogP contribution in [0.3, 0.4) is 0 Å². The Kier molecular flexibility index (Phi) is 5.92. The van der Waals surface area contributed by atoms with Crippen molar-refractivity contribution in [2.75, 3.05) is 26.7 Å². The highest BCUT2D eigenvalue weighted by Crippen LogP contribution is 2.41. The Morgan fingerprint density at radius 3 is 2.30 bits per heavy atom. The lowest BCUT2D eigenvalue weighted by atomic mass is 9.70. The van der Waals surface area contributed by atoms with Gasteiger partial charge in [-0.3, -0.25) is 4.90 Å². The molecule has 0 unspecified atom stereocenters. The topological polar surface area (TPSA) is 15.3 Å². The van der Waals surface area contributed by atoms with E-state index in [9.17, 15) is 0 Å². The molecule has 0 radical (unpaired) electrons. The third kappa shape index (κ3) is 4.73. The smallest absolute Gasteiger partial charge is 0.00966 e. The van der Waals surface area contributed by atoms with E-state index in [1.807, 2.05) is 0 Å². The molecule has 2 rings (SSSR count). The SMILES string of the molecule is CNCC1(CN(CCC(C)C)C2CC2)CCC(C)CC1. The van der Waals surface area contributed by atoms with Crippen molar-refractivity contribution >= 4 is 0 Å². The molecule has 0 saturated heterocycles. The van der Waals surface area contributed by atoms with E-state index < -0.39 is 0 Å². The first kappa shape index (κ1) is 16.3. The van der Waals surface area contributed by atoms with E-state index in [1.54, 1.807) is 0 Å². The first-order chi connectivity index (χ1) is 9.54. The third-order valence-corrected chi connectivity index (χ3v) is 5.48. The molecule has 0 heterocycles. The van der Waals surface area contributed by atoms with Crippen molar-refractivity contribution < 1.29 is 0 Å². The van der Waals surface area contributed by atoms with Crippen LogP contribution in [0.5, 0.6) is 0 Å². The van der Waals surface area contributed by atoms with Gasteiger partial charge in [0.1, 0.15) is 0 Å². The fourth-order valence-corrected chi connectivity index (χ4v) is 3.83. The standard InChI is InChI=1S/C18H36N2/c1-15(2)9-12-20(17-5-6-17)14-18(13-19-4)10-7-16(3)8-11-18/h15-17,19H,5-14H2,1-4H3. The molecule has 0 aliphatic heterocycles. The van der Waals surface area contributed by atoms with Crippen LogP contribution < -0.4 is 5.32 Å². The van der Waals surface area contributed by atoms with E-state index in [0.717, 1.165) is 17.9 Å². The van der Waals surface area contributed by atoms with Gasteiger partial charge in [-0.25, -0.2) is 0 Å². The summed E-state index contributed by atoms with van der Waals surface area (Å²) in [5.41, 5.74) is 0.556. The molecule has 2 heteroatoms. The normalized spacial score (nSPS) is 31.2. The summed E-state index contributed by atoms with van der Waals surface area (Å²) in [6.07, 6.45) is 9.99. The van der Waals surface area contributed by atoms with Gasteiger partial charge in [0, 0.05) is 19.1 Å². The summed E-state index contributed by atoms with van der Waals surface area (Å²) in [5, 5.41) is 3.50. The van der Waals surface area contributed by atoms with Crippen molar-refractivity contribution in [3.63, 3.8) is 0 Å². The predicted molar refractivity (Wildman–Crippen MR) is 88.0 cm³/mol. The van der Waals surface area contributed by atoms with Crippen molar-refractivity contribution in [2.45, 2.75) is 71.8 Å². The summed E-state index contributed by atoms with van der Waals surface area (Å²) in [6.45, 7) is 11.0. The minimum absolute atomic E-state index is 0.556. The Morgan fingerprint density at radius 2 is 1.80 bits per heavy atom. The van der Waals surface area contributed by atoms with E-state index in [1.165, 1.54) is 64.6 Å². The highest BCUT2D eigenvalue weighted by molar-refractivity contribution is 4.93. The molecule has 0 aromatic carbocycles. The summed E-state index contributed by atoms with van der Waals surface area (Å²) in [5.74, 6) is 1.79. The van der Waals surface area contributed by atoms with Gasteiger partial charge in [0.15, 0.2) is 0 Å². The van der Waals surface area contributed by atoms with Crippen LogP contribution in [0.25, 0.3) is 0 Å². The highest BCUT2D eigenvalue weighted by atomic mass is 15.2. The molecule has 0 aromatic rings. The zero-order chi connectivity index (χ0) is 14.6. The van der Waals surface area contributed by atoms with Crippen LogP contribution >= 0.6 is 0 Å². The van der Waals surface area contributed by atoms with E-state index >= 15 is 0 Å². The van der Waals surface area contributed by atoms with E-state index in [4.69, 9.17) is 0 Å². The highest BCUT2D eigenvalue weighted by Gasteiger charge is 2.39. The lowest BCUT2D eigenvalue weighted by molar-refractivity contribution is 0.0812. The number of rotatable bonds is 8. The maximum atomic E-state index is 3.50. The second kappa shape index (κ2) is 7.26. The molecule has 2 aliphatic rings. The lowest BCUT2D eigenvalue weighted by Gasteiger charge is -2.43. The second-order valence-electron chi connectivity index (χ2n) is 8.10. The van der Waals surface area contributed by atoms with Gasteiger partial charge in [0.2, 0.25) is 0 Å². The van der Waals surface area contributed by atoms with Crippen LogP contribution in [-0.2, 0) is 0 Å². The molecule has 0 bridgehead atoms. The van der Waals surface area contributed by atoms with E-state index in [-0.39, 0.29) is 0 Å². The van der Waals surface area contributed by atoms with Crippen LogP contribution in [0.2, 0.25) is 0 Å². The zero-order valence-corrected chi connectivity index (χ0v) is 14.3. The van der Waals surface area contributed by atoms with Crippen LogP contribution in [0.1, 0.15) is 65.7 Å². The fourth-order valence-electron chi connectivity index (χ4n) is 3.83. The molecule has 1 N–H and O–H groups in total. The molecule has 0 aromatic heterocycles. The van der Waals surface area contributed by atoms with Crippen molar-refractivity contribution in [3.05, 3.63) is 0 Å². The predicted octanol–water partition coefficient (Wildman–Crippen LogP) is 3.91. The maximum absolute atomic E-state index is 3.50. The van der Waals surface area contributed by atoms with Gasteiger partial charge in [-0.1, -0.05) is 33.6 Å². The van der Waals surface area contributed by atoms with E-state index in [0.29, 0.717) is 5.41 Å². The Hall–Kier alpha value is -0.0800. The van der Waals surface area contributed by atoms with E-state index in [2.05, 4.69) is 38.0 Å². The van der Waals surface area contributed by atoms with Gasteiger partial charge in [-0.2, -0.15) is 0 Å². The molecule has 2 fully saturated rings. The molecule has 0 atom stereocenters. The summed E-state index contributed by atoms with van der Waals surface area (Å²) in [4.78, 5) is 2.84. The summed E-state index contributed by atoms with van der Waals surface area (Å²) in [6, 6.07) is 0.918. The summed E-state index contributed by atoms with van der Waals surface area (Å²) >= 11 is 0. The van der Waals surface area contributed by atoms with Gasteiger partial charge < -0.3 is 5.32 Å². The minimum Gasteiger partial charge on any atom is -0.319 e. The summed E-state index contributed by atoms with van der Waals surface area (Å²) < 4.78 is 0. The zero-order valence-electron chi connectivity index (χ0n) is 14.3. The van der Waals surface area contributed by atoms with Crippen molar-refractivity contribution in [1.29, 1.82) is 0 Å². The Morgan fingerprint density at radius 1 is 1.15 bits per heavy atom. The van der Waals surface area contributed by atoms with Gasteiger partial charge in [-0.05, 0) is 62.9 Å². The van der Waals surface area contributed by atoms with Gasteiger partial charge in [0.25, 0.3) is 0 Å². The minimum atomic E-state index is 0.556. The molecule has 2 aliphatic carbocycles. The average Bonchev–Trinajstić information content (AvgIpc) is 3.23. The molecular formula is C18H36N2. The monoisotopic (exact) mass is 280 g/mol. The van der Waals surface area contributed by atoms with Crippen LogP contribution in [0.15, 0.2) is 0 Å².